The van der Waals surface area contributed by atoms with E-state index in [2.05, 4.69) is 15.8 Å². The van der Waals surface area contributed by atoms with Crippen LogP contribution in [0.4, 0.5) is 5.69 Å². The summed E-state index contributed by atoms with van der Waals surface area (Å²) < 4.78 is 10.4. The Hall–Kier alpha value is -3.35. The van der Waals surface area contributed by atoms with Gasteiger partial charge in [-0.15, -0.1) is 0 Å². The number of nitrogens with one attached hydrogen (secondary N) is 2. The minimum Gasteiger partial charge on any atom is -0.493 e. The van der Waals surface area contributed by atoms with Crippen LogP contribution in [0.5, 0.6) is 11.5 Å². The van der Waals surface area contributed by atoms with Gasteiger partial charge in [0.25, 0.3) is 0 Å². The number of benzene rings is 2. The molecular formula is C20H23N3O4. The average Bonchev–Trinajstić information content (AvgIpc) is 2.68. The lowest BCUT2D eigenvalue weighted by Crippen LogP contribution is -2.20. The number of nitrogens with zero attached hydrogens (tertiary/aromatic N) is 1. The number of methoxy groups -OCH3 is 2. The zero-order valence-electron chi connectivity index (χ0n) is 15.6. The van der Waals surface area contributed by atoms with Crippen molar-refractivity contribution in [3.8, 4) is 11.5 Å². The molecule has 2 aromatic rings. The summed E-state index contributed by atoms with van der Waals surface area (Å²) in [6, 6.07) is 12.7. The normalized spacial score (nSPS) is 10.5. The molecule has 7 heteroatoms. The Labute approximate surface area is 158 Å². The zero-order valence-corrected chi connectivity index (χ0v) is 15.6. The molecule has 0 heterocycles. The van der Waals surface area contributed by atoms with Gasteiger partial charge in [0.15, 0.2) is 11.5 Å². The molecule has 0 radical (unpaired) electrons. The van der Waals surface area contributed by atoms with Crippen LogP contribution in [-0.2, 0) is 9.59 Å². The van der Waals surface area contributed by atoms with Crippen LogP contribution in [0, 0.1) is 6.92 Å². The van der Waals surface area contributed by atoms with Crippen LogP contribution in [0.15, 0.2) is 47.6 Å². The van der Waals surface area contributed by atoms with Crippen molar-refractivity contribution in [3.63, 3.8) is 0 Å². The van der Waals surface area contributed by atoms with Gasteiger partial charge in [-0.3, -0.25) is 9.59 Å². The van der Waals surface area contributed by atoms with Crippen LogP contribution >= 0.6 is 0 Å². The molecule has 0 aromatic heterocycles. The Morgan fingerprint density at radius 1 is 0.963 bits per heavy atom. The molecule has 2 rings (SSSR count). The molecule has 0 spiro atoms. The second-order valence-corrected chi connectivity index (χ2v) is 5.82. The third-order valence-electron chi connectivity index (χ3n) is 3.72. The van der Waals surface area contributed by atoms with E-state index in [0.717, 1.165) is 11.1 Å². The van der Waals surface area contributed by atoms with Crippen molar-refractivity contribution >= 4 is 23.7 Å². The number of ether oxygens (including phenoxy) is 2. The summed E-state index contributed by atoms with van der Waals surface area (Å²) in [5.41, 5.74) is 4.96. The topological polar surface area (TPSA) is 89.0 Å². The van der Waals surface area contributed by atoms with Gasteiger partial charge in [0.2, 0.25) is 11.8 Å². The van der Waals surface area contributed by atoms with Gasteiger partial charge in [0, 0.05) is 18.5 Å². The molecule has 0 aliphatic heterocycles. The predicted octanol–water partition coefficient (Wildman–Crippen LogP) is 2.88. The van der Waals surface area contributed by atoms with Crippen LogP contribution < -0.4 is 20.2 Å². The number of carbonyl (C=O) groups excluding carboxylic acids is 2. The first-order valence-electron chi connectivity index (χ1n) is 8.42. The number of hydrogen-bond acceptors (Lipinski definition) is 5. The maximum atomic E-state index is 11.9. The minimum absolute atomic E-state index is 0.0426. The van der Waals surface area contributed by atoms with Crippen LogP contribution in [0.3, 0.4) is 0 Å². The lowest BCUT2D eigenvalue weighted by atomic mass is 10.2. The van der Waals surface area contributed by atoms with Crippen molar-refractivity contribution in [2.45, 2.75) is 19.8 Å². The Kier molecular flexibility index (Phi) is 7.37. The van der Waals surface area contributed by atoms with Crippen LogP contribution in [-0.4, -0.2) is 32.2 Å². The van der Waals surface area contributed by atoms with E-state index in [1.807, 2.05) is 31.2 Å². The van der Waals surface area contributed by atoms with Crippen LogP contribution in [0.2, 0.25) is 0 Å². The van der Waals surface area contributed by atoms with Gasteiger partial charge in [-0.1, -0.05) is 17.7 Å². The summed E-state index contributed by atoms with van der Waals surface area (Å²) in [7, 11) is 3.10. The van der Waals surface area contributed by atoms with E-state index in [0.29, 0.717) is 17.2 Å². The molecule has 0 saturated carbocycles. The number of rotatable bonds is 8. The fourth-order valence-electron chi connectivity index (χ4n) is 2.26. The monoisotopic (exact) mass is 369 g/mol. The largest absolute Gasteiger partial charge is 0.493 e. The Bertz CT molecular complexity index is 816. The third kappa shape index (κ3) is 6.47. The summed E-state index contributed by atoms with van der Waals surface area (Å²) >= 11 is 0. The van der Waals surface area contributed by atoms with Crippen molar-refractivity contribution < 1.29 is 19.1 Å². The first-order valence-corrected chi connectivity index (χ1v) is 8.42. The molecule has 0 aliphatic rings. The fraction of sp³-hybridized carbons (Fsp3) is 0.250. The minimum atomic E-state index is -0.342. The molecule has 0 fully saturated rings. The standard InChI is InChI=1S/C20H23N3O4/c1-14-4-7-16(8-5-14)22-19(24)10-11-20(25)23-21-13-15-6-9-17(26-2)18(12-15)27-3/h4-9,12-13H,10-11H2,1-3H3,(H,22,24)(H,23,25)/b21-13+. The van der Waals surface area contributed by atoms with E-state index in [1.54, 1.807) is 32.4 Å². The van der Waals surface area contributed by atoms with Crippen LogP contribution in [0.25, 0.3) is 0 Å². The van der Waals surface area contributed by atoms with Crippen molar-refractivity contribution in [2.75, 3.05) is 19.5 Å². The molecular weight excluding hydrogens is 346 g/mol. The van der Waals surface area contributed by atoms with Crippen LogP contribution in [0.1, 0.15) is 24.0 Å². The Morgan fingerprint density at radius 3 is 2.30 bits per heavy atom. The number of anilines is 1. The van der Waals surface area contributed by atoms with Gasteiger partial charge >= 0.3 is 0 Å². The van der Waals surface area contributed by atoms with E-state index in [1.165, 1.54) is 6.21 Å². The van der Waals surface area contributed by atoms with Crippen molar-refractivity contribution in [2.24, 2.45) is 5.10 Å². The van der Waals surface area contributed by atoms with E-state index in [-0.39, 0.29) is 24.7 Å². The molecule has 142 valence electrons. The van der Waals surface area contributed by atoms with E-state index in [9.17, 15) is 9.59 Å². The molecule has 2 amide bonds. The summed E-state index contributed by atoms with van der Waals surface area (Å²) in [6.45, 7) is 1.97. The molecule has 0 saturated heterocycles. The average molecular weight is 369 g/mol. The SMILES string of the molecule is COc1ccc(/C=N/NC(=O)CCC(=O)Nc2ccc(C)cc2)cc1OC. The summed E-state index contributed by atoms with van der Waals surface area (Å²) in [5.74, 6) is 0.613. The smallest absolute Gasteiger partial charge is 0.240 e. The van der Waals surface area contributed by atoms with Crippen molar-refractivity contribution in [1.82, 2.24) is 5.43 Å². The number of hydrogen-bond donors (Lipinski definition) is 2. The van der Waals surface area contributed by atoms with Gasteiger partial charge in [-0.25, -0.2) is 5.43 Å². The van der Waals surface area contributed by atoms with E-state index in [4.69, 9.17) is 9.47 Å². The number of carbonyl (C=O) groups is 2. The molecule has 2 aromatic carbocycles. The maximum absolute atomic E-state index is 11.9. The molecule has 7 nitrogen and oxygen atoms in total. The molecule has 0 atom stereocenters. The number of hydrazone groups is 1. The Balaban J connectivity index is 1.77. The third-order valence-corrected chi connectivity index (χ3v) is 3.72. The lowest BCUT2D eigenvalue weighted by Gasteiger charge is -2.07. The lowest BCUT2D eigenvalue weighted by molar-refractivity contribution is -0.124. The summed E-state index contributed by atoms with van der Waals surface area (Å²) in [5, 5.41) is 6.64. The highest BCUT2D eigenvalue weighted by atomic mass is 16.5. The second-order valence-electron chi connectivity index (χ2n) is 5.82. The summed E-state index contributed by atoms with van der Waals surface area (Å²) in [6.07, 6.45) is 1.61. The quantitative estimate of drug-likeness (QED) is 0.553. The first-order chi connectivity index (χ1) is 13.0. The molecule has 0 unspecified atom stereocenters. The Morgan fingerprint density at radius 2 is 1.63 bits per heavy atom. The number of aryl methyl sites for hydroxylation is 1. The maximum Gasteiger partial charge on any atom is 0.240 e. The highest BCUT2D eigenvalue weighted by Gasteiger charge is 2.07. The summed E-state index contributed by atoms with van der Waals surface area (Å²) in [4.78, 5) is 23.7. The van der Waals surface area contributed by atoms with E-state index < -0.39 is 0 Å². The van der Waals surface area contributed by atoms with Crippen molar-refractivity contribution in [3.05, 3.63) is 53.6 Å². The highest BCUT2D eigenvalue weighted by molar-refractivity contribution is 5.93. The fourth-order valence-corrected chi connectivity index (χ4v) is 2.26. The van der Waals surface area contributed by atoms with E-state index >= 15 is 0 Å². The van der Waals surface area contributed by atoms with Gasteiger partial charge in [0.1, 0.15) is 0 Å². The molecule has 27 heavy (non-hydrogen) atoms. The zero-order chi connectivity index (χ0) is 19.6. The second kappa shape index (κ2) is 9.96. The number of amides is 2. The van der Waals surface area contributed by atoms with Gasteiger partial charge in [-0.2, -0.15) is 5.10 Å². The molecule has 2 N–H and O–H groups in total. The van der Waals surface area contributed by atoms with Gasteiger partial charge < -0.3 is 14.8 Å². The molecule has 0 bridgehead atoms. The highest BCUT2D eigenvalue weighted by Crippen LogP contribution is 2.26. The van der Waals surface area contributed by atoms with Gasteiger partial charge in [0.05, 0.1) is 20.4 Å². The van der Waals surface area contributed by atoms with Crippen molar-refractivity contribution in [1.29, 1.82) is 0 Å². The first kappa shape index (κ1) is 20.0. The predicted molar refractivity (Wildman–Crippen MR) is 104 cm³/mol. The van der Waals surface area contributed by atoms with Gasteiger partial charge in [-0.05, 0) is 42.8 Å². The molecule has 0 aliphatic carbocycles.